The molecule has 4 aliphatic rings. The number of aliphatic carboxylic acids is 1. The van der Waals surface area contributed by atoms with Crippen LogP contribution < -0.4 is 0 Å². The van der Waals surface area contributed by atoms with Gasteiger partial charge in [-0.05, 0) is 76.5 Å². The highest BCUT2D eigenvalue weighted by molar-refractivity contribution is 5.77. The van der Waals surface area contributed by atoms with E-state index in [1.807, 2.05) is 13.8 Å². The zero-order valence-corrected chi connectivity index (χ0v) is 19.2. The van der Waals surface area contributed by atoms with Gasteiger partial charge in [0, 0.05) is 17.3 Å². The minimum absolute atomic E-state index is 0.172. The van der Waals surface area contributed by atoms with Crippen LogP contribution in [-0.2, 0) is 14.3 Å². The van der Waals surface area contributed by atoms with Crippen molar-refractivity contribution in [3.63, 3.8) is 0 Å². The van der Waals surface area contributed by atoms with Crippen LogP contribution in [0, 0.1) is 34.0 Å². The SMILES string of the molecule is CC1=C[C@@]23CC[C@@H]4[C@](C)(C(=O)O)[C@H](OC(=O)CC(C)C)CC[C@@]4(C)[C@]2(O)CC[C@@H]1C3. The average Bonchev–Trinajstić information content (AvgIpc) is 2.91. The molecule has 0 aromatic rings. The minimum atomic E-state index is -1.19. The van der Waals surface area contributed by atoms with Crippen LogP contribution in [0.15, 0.2) is 11.6 Å². The molecule has 3 saturated carbocycles. The van der Waals surface area contributed by atoms with Gasteiger partial charge in [0.1, 0.15) is 11.5 Å². The molecule has 1 spiro atoms. The minimum Gasteiger partial charge on any atom is -0.481 e. The van der Waals surface area contributed by atoms with E-state index >= 15 is 0 Å². The van der Waals surface area contributed by atoms with E-state index in [-0.39, 0.29) is 23.2 Å². The number of allylic oxidation sites excluding steroid dienone is 1. The van der Waals surface area contributed by atoms with Gasteiger partial charge in [0.15, 0.2) is 0 Å². The first-order valence-corrected chi connectivity index (χ1v) is 11.7. The second kappa shape index (κ2) is 6.82. The van der Waals surface area contributed by atoms with E-state index in [2.05, 4.69) is 19.9 Å². The Kier molecular flexibility index (Phi) is 4.97. The van der Waals surface area contributed by atoms with Crippen LogP contribution in [0.1, 0.15) is 86.0 Å². The van der Waals surface area contributed by atoms with Crippen LogP contribution in [0.3, 0.4) is 0 Å². The number of carboxylic acids is 1. The highest BCUT2D eigenvalue weighted by Crippen LogP contribution is 2.72. The second-order valence-electron chi connectivity index (χ2n) is 11.6. The molecule has 4 aliphatic carbocycles. The maximum absolute atomic E-state index is 12.7. The van der Waals surface area contributed by atoms with Crippen molar-refractivity contribution in [2.75, 3.05) is 0 Å². The van der Waals surface area contributed by atoms with Gasteiger partial charge in [0.25, 0.3) is 0 Å². The van der Waals surface area contributed by atoms with Crippen LogP contribution in [0.2, 0.25) is 0 Å². The third kappa shape index (κ3) is 2.69. The van der Waals surface area contributed by atoms with Crippen LogP contribution in [0.25, 0.3) is 0 Å². The molecule has 4 rings (SSSR count). The Morgan fingerprint density at radius 2 is 1.87 bits per heavy atom. The van der Waals surface area contributed by atoms with E-state index in [9.17, 15) is 19.8 Å². The number of carbonyl (C=O) groups is 2. The van der Waals surface area contributed by atoms with E-state index in [0.29, 0.717) is 25.2 Å². The van der Waals surface area contributed by atoms with E-state index < -0.39 is 28.5 Å². The monoisotopic (exact) mass is 418 g/mol. The van der Waals surface area contributed by atoms with E-state index in [4.69, 9.17) is 4.74 Å². The molecule has 0 unspecified atom stereocenters. The Morgan fingerprint density at radius 1 is 1.17 bits per heavy atom. The fraction of sp³-hybridized carbons (Fsp3) is 0.840. The van der Waals surface area contributed by atoms with Crippen molar-refractivity contribution < 1.29 is 24.5 Å². The first-order chi connectivity index (χ1) is 13.9. The van der Waals surface area contributed by atoms with Crippen LogP contribution in [0.4, 0.5) is 0 Å². The smallest absolute Gasteiger partial charge is 0.313 e. The Hall–Kier alpha value is -1.36. The van der Waals surface area contributed by atoms with Crippen LogP contribution in [-0.4, -0.2) is 33.9 Å². The third-order valence-electron chi connectivity index (χ3n) is 9.66. The van der Waals surface area contributed by atoms with Crippen LogP contribution >= 0.6 is 0 Å². The van der Waals surface area contributed by atoms with Gasteiger partial charge in [-0.25, -0.2) is 0 Å². The van der Waals surface area contributed by atoms with Gasteiger partial charge in [-0.1, -0.05) is 32.4 Å². The summed E-state index contributed by atoms with van der Waals surface area (Å²) < 4.78 is 5.81. The number of aliphatic hydroxyl groups is 1. The Bertz CT molecular complexity index is 786. The van der Waals surface area contributed by atoms with Crippen molar-refractivity contribution in [1.82, 2.24) is 0 Å². The molecule has 5 nitrogen and oxygen atoms in total. The van der Waals surface area contributed by atoms with Crippen molar-refractivity contribution in [2.24, 2.45) is 34.0 Å². The number of rotatable bonds is 4. The quantitative estimate of drug-likeness (QED) is 0.510. The molecular formula is C25H38O5. The number of fused-ring (bicyclic) bond motifs is 3. The van der Waals surface area contributed by atoms with Gasteiger partial charge in [-0.3, -0.25) is 9.59 Å². The molecule has 168 valence electrons. The van der Waals surface area contributed by atoms with Gasteiger partial charge in [0.2, 0.25) is 0 Å². The van der Waals surface area contributed by atoms with Gasteiger partial charge < -0.3 is 14.9 Å². The molecular weight excluding hydrogens is 380 g/mol. The van der Waals surface area contributed by atoms with E-state index in [0.717, 1.165) is 32.1 Å². The zero-order chi connectivity index (χ0) is 22.1. The van der Waals surface area contributed by atoms with Gasteiger partial charge in [-0.15, -0.1) is 0 Å². The molecule has 0 saturated heterocycles. The molecule has 2 N–H and O–H groups in total. The maximum Gasteiger partial charge on any atom is 0.313 e. The molecule has 3 fully saturated rings. The van der Waals surface area contributed by atoms with Gasteiger partial charge in [-0.2, -0.15) is 0 Å². The summed E-state index contributed by atoms with van der Waals surface area (Å²) in [4.78, 5) is 25.1. The fourth-order valence-corrected chi connectivity index (χ4v) is 8.01. The molecule has 0 aromatic carbocycles. The number of carboxylic acid groups (broad SMARTS) is 1. The Morgan fingerprint density at radius 3 is 2.50 bits per heavy atom. The average molecular weight is 419 g/mol. The number of carbonyl (C=O) groups excluding carboxylic acids is 1. The largest absolute Gasteiger partial charge is 0.481 e. The van der Waals surface area contributed by atoms with Gasteiger partial charge >= 0.3 is 11.9 Å². The molecule has 0 radical (unpaired) electrons. The van der Waals surface area contributed by atoms with E-state index in [1.165, 1.54) is 5.57 Å². The summed E-state index contributed by atoms with van der Waals surface area (Å²) >= 11 is 0. The van der Waals surface area contributed by atoms with Crippen molar-refractivity contribution in [3.8, 4) is 0 Å². The number of hydrogen-bond donors (Lipinski definition) is 2. The highest BCUT2D eigenvalue weighted by atomic mass is 16.5. The number of hydrogen-bond acceptors (Lipinski definition) is 4. The maximum atomic E-state index is 12.7. The van der Waals surface area contributed by atoms with Crippen molar-refractivity contribution in [2.45, 2.75) is 97.7 Å². The fourth-order valence-electron chi connectivity index (χ4n) is 8.01. The first kappa shape index (κ1) is 21.9. The summed E-state index contributed by atoms with van der Waals surface area (Å²) in [5, 5.41) is 22.7. The molecule has 30 heavy (non-hydrogen) atoms. The molecule has 0 aromatic heterocycles. The number of ether oxygens (including phenoxy) is 1. The highest BCUT2D eigenvalue weighted by Gasteiger charge is 2.73. The molecule has 0 amide bonds. The zero-order valence-electron chi connectivity index (χ0n) is 19.2. The predicted molar refractivity (Wildman–Crippen MR) is 114 cm³/mol. The van der Waals surface area contributed by atoms with Gasteiger partial charge in [0.05, 0.1) is 5.60 Å². The molecule has 0 aliphatic heterocycles. The van der Waals surface area contributed by atoms with Crippen molar-refractivity contribution in [1.29, 1.82) is 0 Å². The summed E-state index contributed by atoms with van der Waals surface area (Å²) in [5.74, 6) is -0.719. The topological polar surface area (TPSA) is 83.8 Å². The lowest BCUT2D eigenvalue weighted by atomic mass is 9.38. The number of esters is 1. The summed E-state index contributed by atoms with van der Waals surface area (Å²) in [5.41, 5.74) is -1.44. The first-order valence-electron chi connectivity index (χ1n) is 11.7. The van der Waals surface area contributed by atoms with E-state index in [1.54, 1.807) is 6.92 Å². The molecule has 2 bridgehead atoms. The standard InChI is InChI=1S/C25H38O5/c1-15(2)12-20(26)30-19-8-9-22(4)18(23(19,5)21(27)28)7-10-24-13-16(3)17(14-24)6-11-25(22,24)29/h13,15,17-19,29H,6-12,14H2,1-5H3,(H,27,28)/t17-,18+,19-,22-,23+,24-,25-/m1/s1. The normalized spacial score (nSPS) is 47.3. The summed E-state index contributed by atoms with van der Waals surface area (Å²) in [6.07, 6.45) is 7.42. The lowest BCUT2D eigenvalue weighted by Crippen LogP contribution is -2.71. The molecule has 5 heteroatoms. The Balaban J connectivity index is 1.71. The second-order valence-corrected chi connectivity index (χ2v) is 11.6. The van der Waals surface area contributed by atoms with Crippen LogP contribution in [0.5, 0.6) is 0 Å². The predicted octanol–water partition coefficient (Wildman–Crippen LogP) is 4.72. The Labute approximate surface area is 180 Å². The van der Waals surface area contributed by atoms with Crippen molar-refractivity contribution in [3.05, 3.63) is 11.6 Å². The summed E-state index contributed by atoms with van der Waals surface area (Å²) in [6.45, 7) is 9.98. The molecule has 0 heterocycles. The lowest BCUT2D eigenvalue weighted by molar-refractivity contribution is -0.268. The summed E-state index contributed by atoms with van der Waals surface area (Å²) in [6, 6.07) is 0. The third-order valence-corrected chi connectivity index (χ3v) is 9.66. The molecule has 7 atom stereocenters. The lowest BCUT2D eigenvalue weighted by Gasteiger charge is -2.68. The van der Waals surface area contributed by atoms with Crippen molar-refractivity contribution >= 4 is 11.9 Å². The summed E-state index contributed by atoms with van der Waals surface area (Å²) in [7, 11) is 0.